The summed E-state index contributed by atoms with van der Waals surface area (Å²) in [4.78, 5) is 1.14. The molecule has 3 aromatic rings. The Kier molecular flexibility index (Phi) is 4.18. The van der Waals surface area contributed by atoms with Gasteiger partial charge in [0.2, 0.25) is 6.23 Å². The molecule has 0 saturated heterocycles. The smallest absolute Gasteiger partial charge is 0.217 e. The predicted molar refractivity (Wildman–Crippen MR) is 110 cm³/mol. The quantitative estimate of drug-likeness (QED) is 0.629. The molecule has 0 radical (unpaired) electrons. The molecule has 2 aromatic carbocycles. The SMILES string of the molecule is COc1cc(Cl)cc([C@@H]2Oc3ccccc3[C@@H]3CC(c4cccs4)=NN32)c1O. The highest BCUT2D eigenvalue weighted by molar-refractivity contribution is 7.12. The van der Waals surface area contributed by atoms with E-state index in [1.165, 1.54) is 7.11 Å². The van der Waals surface area contributed by atoms with Crippen molar-refractivity contribution in [2.75, 3.05) is 7.11 Å². The van der Waals surface area contributed by atoms with E-state index in [0.717, 1.165) is 28.3 Å². The van der Waals surface area contributed by atoms with Crippen LogP contribution in [0.25, 0.3) is 0 Å². The van der Waals surface area contributed by atoms with Gasteiger partial charge in [0.05, 0.1) is 29.3 Å². The summed E-state index contributed by atoms with van der Waals surface area (Å²) in [6, 6.07) is 15.4. The lowest BCUT2D eigenvalue weighted by atomic mass is 9.97. The van der Waals surface area contributed by atoms with Crippen LogP contribution in [0.3, 0.4) is 0 Å². The maximum Gasteiger partial charge on any atom is 0.217 e. The molecule has 0 bridgehead atoms. The minimum absolute atomic E-state index is 0.00908. The molecule has 5 rings (SSSR count). The van der Waals surface area contributed by atoms with E-state index in [4.69, 9.17) is 26.2 Å². The molecule has 2 aliphatic heterocycles. The molecule has 2 aliphatic rings. The van der Waals surface area contributed by atoms with Crippen LogP contribution in [0.4, 0.5) is 0 Å². The molecule has 0 saturated carbocycles. The Hall–Kier alpha value is -2.70. The molecule has 1 aromatic heterocycles. The largest absolute Gasteiger partial charge is 0.504 e. The summed E-state index contributed by atoms with van der Waals surface area (Å²) in [5.41, 5.74) is 2.63. The third kappa shape index (κ3) is 2.72. The summed E-state index contributed by atoms with van der Waals surface area (Å²) in [6.07, 6.45) is 0.167. The summed E-state index contributed by atoms with van der Waals surface area (Å²) in [5.74, 6) is 1.10. The van der Waals surface area contributed by atoms with Gasteiger partial charge >= 0.3 is 0 Å². The van der Waals surface area contributed by atoms with Gasteiger partial charge in [0, 0.05) is 23.1 Å². The third-order valence-corrected chi connectivity index (χ3v) is 6.20. The second-order valence-electron chi connectivity index (χ2n) is 6.68. The number of ether oxygens (including phenoxy) is 2. The normalized spacial score (nSPS) is 20.2. The number of aromatic hydroxyl groups is 1. The van der Waals surface area contributed by atoms with E-state index in [-0.39, 0.29) is 11.8 Å². The topological polar surface area (TPSA) is 54.3 Å². The summed E-state index contributed by atoms with van der Waals surface area (Å²) in [6.45, 7) is 0. The van der Waals surface area contributed by atoms with Crippen LogP contribution in [-0.4, -0.2) is 22.9 Å². The van der Waals surface area contributed by atoms with E-state index >= 15 is 0 Å². The number of thiophene rings is 1. The molecule has 5 nitrogen and oxygen atoms in total. The standard InChI is InChI=1S/C21H17ClN2O3S/c1-26-18-10-12(22)9-14(20(18)25)21-24-16(13-5-2-3-6-17(13)27-21)11-15(23-24)19-7-4-8-28-19/h2-10,16,21,25H,11H2,1H3/t16-,21-/m0/s1. The first-order valence-electron chi connectivity index (χ1n) is 8.87. The molecule has 0 amide bonds. The number of fused-ring (bicyclic) bond motifs is 3. The molecule has 142 valence electrons. The molecule has 7 heteroatoms. The van der Waals surface area contributed by atoms with Crippen LogP contribution in [0.5, 0.6) is 17.2 Å². The van der Waals surface area contributed by atoms with Gasteiger partial charge in [-0.15, -0.1) is 11.3 Å². The van der Waals surface area contributed by atoms with Crippen molar-refractivity contribution < 1.29 is 14.6 Å². The second-order valence-corrected chi connectivity index (χ2v) is 8.06. The number of hydrazone groups is 1. The van der Waals surface area contributed by atoms with E-state index in [0.29, 0.717) is 16.3 Å². The average molecular weight is 413 g/mol. The maximum atomic E-state index is 10.7. The Balaban J connectivity index is 1.65. The highest BCUT2D eigenvalue weighted by Crippen LogP contribution is 2.50. The fourth-order valence-electron chi connectivity index (χ4n) is 3.77. The van der Waals surface area contributed by atoms with Crippen molar-refractivity contribution in [3.63, 3.8) is 0 Å². The maximum absolute atomic E-state index is 10.7. The zero-order valence-electron chi connectivity index (χ0n) is 15.0. The number of para-hydroxylation sites is 1. The lowest BCUT2D eigenvalue weighted by molar-refractivity contribution is -0.0204. The van der Waals surface area contributed by atoms with E-state index in [1.807, 2.05) is 34.7 Å². The molecule has 28 heavy (non-hydrogen) atoms. The molecule has 1 N–H and O–H groups in total. The van der Waals surface area contributed by atoms with Gasteiger partial charge in [-0.3, -0.25) is 0 Å². The number of phenols is 1. The van der Waals surface area contributed by atoms with Crippen LogP contribution in [0.1, 0.15) is 34.7 Å². The highest BCUT2D eigenvalue weighted by Gasteiger charge is 2.42. The van der Waals surface area contributed by atoms with E-state index < -0.39 is 6.23 Å². The molecule has 0 unspecified atom stereocenters. The van der Waals surface area contributed by atoms with Gasteiger partial charge in [-0.25, -0.2) is 5.01 Å². The molecular formula is C21H17ClN2O3S. The molecule has 0 spiro atoms. The average Bonchev–Trinajstić information content (AvgIpc) is 3.38. The van der Waals surface area contributed by atoms with Crippen LogP contribution in [-0.2, 0) is 0 Å². The second kappa shape index (κ2) is 6.72. The summed E-state index contributed by atoms with van der Waals surface area (Å²) in [7, 11) is 1.50. The van der Waals surface area contributed by atoms with Crippen molar-refractivity contribution in [3.05, 3.63) is 74.9 Å². The zero-order valence-corrected chi connectivity index (χ0v) is 16.6. The Labute approximate surface area is 171 Å². The zero-order chi connectivity index (χ0) is 19.3. The van der Waals surface area contributed by atoms with Crippen molar-refractivity contribution in [2.24, 2.45) is 5.10 Å². The molecule has 3 heterocycles. The van der Waals surface area contributed by atoms with Crippen LogP contribution < -0.4 is 9.47 Å². The fourth-order valence-corrected chi connectivity index (χ4v) is 4.71. The van der Waals surface area contributed by atoms with Crippen LogP contribution in [0.15, 0.2) is 59.0 Å². The van der Waals surface area contributed by atoms with Crippen molar-refractivity contribution in [3.8, 4) is 17.2 Å². The Morgan fingerprint density at radius 3 is 2.86 bits per heavy atom. The first-order chi connectivity index (χ1) is 13.7. The van der Waals surface area contributed by atoms with E-state index in [2.05, 4.69) is 12.1 Å². The molecular weight excluding hydrogens is 396 g/mol. The first kappa shape index (κ1) is 17.4. The summed E-state index contributed by atoms with van der Waals surface area (Å²) in [5, 5.41) is 20.1. The van der Waals surface area contributed by atoms with Gasteiger partial charge in [0.1, 0.15) is 5.75 Å². The van der Waals surface area contributed by atoms with E-state index in [9.17, 15) is 5.11 Å². The molecule has 0 aliphatic carbocycles. The lowest BCUT2D eigenvalue weighted by Gasteiger charge is -2.38. The monoisotopic (exact) mass is 412 g/mol. The Bertz CT molecular complexity index is 1070. The van der Waals surface area contributed by atoms with E-state index in [1.54, 1.807) is 23.5 Å². The van der Waals surface area contributed by atoms with Crippen LogP contribution >= 0.6 is 22.9 Å². The van der Waals surface area contributed by atoms with Gasteiger partial charge in [0.15, 0.2) is 11.5 Å². The van der Waals surface area contributed by atoms with Gasteiger partial charge in [-0.2, -0.15) is 5.10 Å². The van der Waals surface area contributed by atoms with Gasteiger partial charge < -0.3 is 14.6 Å². The number of hydrogen-bond acceptors (Lipinski definition) is 6. The third-order valence-electron chi connectivity index (χ3n) is 5.06. The van der Waals surface area contributed by atoms with Crippen LogP contribution in [0, 0.1) is 0 Å². The van der Waals surface area contributed by atoms with Gasteiger partial charge in [-0.1, -0.05) is 35.9 Å². The van der Waals surface area contributed by atoms with Crippen molar-refractivity contribution in [1.82, 2.24) is 5.01 Å². The summed E-state index contributed by atoms with van der Waals surface area (Å²) < 4.78 is 11.6. The number of hydrogen-bond donors (Lipinski definition) is 1. The van der Waals surface area contributed by atoms with Crippen molar-refractivity contribution >= 4 is 28.6 Å². The number of methoxy groups -OCH3 is 1. The number of halogens is 1. The highest BCUT2D eigenvalue weighted by atomic mass is 35.5. The number of benzene rings is 2. The number of phenolic OH excluding ortho intramolecular Hbond substituents is 1. The van der Waals surface area contributed by atoms with Gasteiger partial charge in [0.25, 0.3) is 0 Å². The van der Waals surface area contributed by atoms with Crippen LogP contribution in [0.2, 0.25) is 5.02 Å². The number of rotatable bonds is 3. The molecule has 2 atom stereocenters. The Morgan fingerprint density at radius 1 is 1.21 bits per heavy atom. The Morgan fingerprint density at radius 2 is 2.07 bits per heavy atom. The van der Waals surface area contributed by atoms with Crippen molar-refractivity contribution in [1.29, 1.82) is 0 Å². The first-order valence-corrected chi connectivity index (χ1v) is 10.1. The van der Waals surface area contributed by atoms with Gasteiger partial charge in [-0.05, 0) is 23.6 Å². The minimum atomic E-state index is -0.607. The lowest BCUT2D eigenvalue weighted by Crippen LogP contribution is -2.33. The fraction of sp³-hybridized carbons (Fsp3) is 0.190. The van der Waals surface area contributed by atoms with Crippen molar-refractivity contribution in [2.45, 2.75) is 18.7 Å². The minimum Gasteiger partial charge on any atom is -0.504 e. The predicted octanol–water partition coefficient (Wildman–Crippen LogP) is 5.36. The molecule has 0 fully saturated rings. The summed E-state index contributed by atoms with van der Waals surface area (Å²) >= 11 is 7.94. The number of nitrogens with zero attached hydrogens (tertiary/aromatic N) is 2.